The number of fused-ring (bicyclic) bond motifs is 1. The van der Waals surface area contributed by atoms with Gasteiger partial charge in [-0.25, -0.2) is 9.37 Å². The number of nitrogens with one attached hydrogen (secondary N) is 1. The van der Waals surface area contributed by atoms with Crippen LogP contribution in [0.4, 0.5) is 10.2 Å². The van der Waals surface area contributed by atoms with Gasteiger partial charge in [0.05, 0.1) is 0 Å². The molecule has 0 unspecified atom stereocenters. The van der Waals surface area contributed by atoms with Gasteiger partial charge in [-0.1, -0.05) is 32.6 Å². The minimum absolute atomic E-state index is 0.193. The second-order valence-corrected chi connectivity index (χ2v) is 8.51. The highest BCUT2D eigenvalue weighted by Gasteiger charge is 2.41. The molecular formula is C24H31FN4O2. The normalized spacial score (nSPS) is 17.0. The SMILES string of the molecule is C=C(O/C(C)=N\C)c1ccc2cnc(NC(=O)C3(F)CCN(CC(C)C)CC3)cc2c1. The molecule has 31 heavy (non-hydrogen) atoms. The fraction of sp³-hybridized carbons (Fsp3) is 0.458. The van der Waals surface area contributed by atoms with Crippen molar-refractivity contribution in [2.75, 3.05) is 32.0 Å². The van der Waals surface area contributed by atoms with Crippen LogP contribution in [0.3, 0.4) is 0 Å². The lowest BCUT2D eigenvalue weighted by Gasteiger charge is -2.36. The van der Waals surface area contributed by atoms with Crippen LogP contribution in [0.2, 0.25) is 0 Å². The number of hydrogen-bond acceptors (Lipinski definition) is 5. The fourth-order valence-corrected chi connectivity index (χ4v) is 3.73. The Morgan fingerprint density at radius 1 is 1.32 bits per heavy atom. The van der Waals surface area contributed by atoms with Gasteiger partial charge in [-0.05, 0) is 23.4 Å². The quantitative estimate of drug-likeness (QED) is 0.414. The Labute approximate surface area is 183 Å². The second-order valence-electron chi connectivity index (χ2n) is 8.51. The number of ether oxygens (including phenoxy) is 1. The Balaban J connectivity index is 1.71. The molecule has 0 saturated carbocycles. The lowest BCUT2D eigenvalue weighted by molar-refractivity contribution is -0.130. The Hall–Kier alpha value is -2.80. The molecule has 3 rings (SSSR count). The topological polar surface area (TPSA) is 66.8 Å². The van der Waals surface area contributed by atoms with Gasteiger partial charge < -0.3 is 15.0 Å². The second kappa shape index (κ2) is 9.56. The molecule has 1 aromatic heterocycles. The van der Waals surface area contributed by atoms with E-state index in [-0.39, 0.29) is 12.8 Å². The van der Waals surface area contributed by atoms with Crippen molar-refractivity contribution in [2.24, 2.45) is 10.9 Å². The highest BCUT2D eigenvalue weighted by atomic mass is 19.1. The summed E-state index contributed by atoms with van der Waals surface area (Å²) >= 11 is 0. The van der Waals surface area contributed by atoms with Gasteiger partial charge in [0.25, 0.3) is 5.91 Å². The number of anilines is 1. The lowest BCUT2D eigenvalue weighted by Crippen LogP contribution is -2.49. The molecule has 0 bridgehead atoms. The molecule has 7 heteroatoms. The van der Waals surface area contributed by atoms with Crippen molar-refractivity contribution < 1.29 is 13.9 Å². The van der Waals surface area contributed by atoms with Crippen molar-refractivity contribution in [3.63, 3.8) is 0 Å². The van der Waals surface area contributed by atoms with Gasteiger partial charge in [-0.2, -0.15) is 0 Å². The largest absolute Gasteiger partial charge is 0.444 e. The molecule has 6 nitrogen and oxygen atoms in total. The zero-order valence-corrected chi connectivity index (χ0v) is 18.7. The van der Waals surface area contributed by atoms with E-state index in [2.05, 4.69) is 40.6 Å². The Bertz CT molecular complexity index is 994. The van der Waals surface area contributed by atoms with Gasteiger partial charge in [0.15, 0.2) is 11.6 Å². The molecule has 0 atom stereocenters. The van der Waals surface area contributed by atoms with Crippen LogP contribution in [0.15, 0.2) is 42.0 Å². The van der Waals surface area contributed by atoms with Crippen LogP contribution in [0.25, 0.3) is 16.5 Å². The number of likely N-dealkylation sites (tertiary alicyclic amines) is 1. The third-order valence-electron chi connectivity index (χ3n) is 5.55. The van der Waals surface area contributed by atoms with Crippen LogP contribution in [0, 0.1) is 5.92 Å². The summed E-state index contributed by atoms with van der Waals surface area (Å²) in [5.74, 6) is 1.22. The maximum Gasteiger partial charge on any atom is 0.263 e. The van der Waals surface area contributed by atoms with E-state index in [1.165, 1.54) is 0 Å². The van der Waals surface area contributed by atoms with Gasteiger partial charge in [-0.3, -0.25) is 9.79 Å². The molecule has 2 heterocycles. The Morgan fingerprint density at radius 3 is 2.68 bits per heavy atom. The highest BCUT2D eigenvalue weighted by molar-refractivity contribution is 5.98. The number of piperidine rings is 1. The molecular weight excluding hydrogens is 395 g/mol. The van der Waals surface area contributed by atoms with E-state index in [0.29, 0.717) is 36.5 Å². The number of carbonyl (C=O) groups is 1. The van der Waals surface area contributed by atoms with Crippen LogP contribution in [-0.4, -0.2) is 54.0 Å². The summed E-state index contributed by atoms with van der Waals surface area (Å²) in [6.45, 7) is 12.1. The number of rotatable bonds is 6. The molecule has 2 aromatic rings. The van der Waals surface area contributed by atoms with Crippen molar-refractivity contribution >= 4 is 34.2 Å². The first kappa shape index (κ1) is 22.9. The zero-order valence-electron chi connectivity index (χ0n) is 18.7. The zero-order chi connectivity index (χ0) is 22.6. The molecule has 1 amide bonds. The monoisotopic (exact) mass is 426 g/mol. The number of nitrogens with zero attached hydrogens (tertiary/aromatic N) is 3. The molecule has 1 aromatic carbocycles. The summed E-state index contributed by atoms with van der Waals surface area (Å²) in [6.07, 6.45) is 2.05. The molecule has 1 saturated heterocycles. The first-order valence-corrected chi connectivity index (χ1v) is 10.6. The Morgan fingerprint density at radius 2 is 2.03 bits per heavy atom. The van der Waals surface area contributed by atoms with Gasteiger partial charge in [0.1, 0.15) is 11.6 Å². The van der Waals surface area contributed by atoms with Gasteiger partial charge in [0.2, 0.25) is 0 Å². The van der Waals surface area contributed by atoms with E-state index in [4.69, 9.17) is 4.74 Å². The number of pyridine rings is 1. The summed E-state index contributed by atoms with van der Waals surface area (Å²) in [5.41, 5.74) is -1.08. The van der Waals surface area contributed by atoms with Crippen molar-refractivity contribution in [3.05, 3.63) is 42.6 Å². The van der Waals surface area contributed by atoms with E-state index in [1.807, 2.05) is 18.2 Å². The summed E-state index contributed by atoms with van der Waals surface area (Å²) < 4.78 is 20.9. The summed E-state index contributed by atoms with van der Waals surface area (Å²) in [6, 6.07) is 7.42. The minimum atomic E-state index is -1.87. The highest BCUT2D eigenvalue weighted by Crippen LogP contribution is 2.29. The average Bonchev–Trinajstić information content (AvgIpc) is 2.74. The number of aromatic nitrogens is 1. The van der Waals surface area contributed by atoms with Gasteiger partial charge >= 0.3 is 0 Å². The molecule has 1 fully saturated rings. The predicted molar refractivity (Wildman–Crippen MR) is 124 cm³/mol. The van der Waals surface area contributed by atoms with Crippen molar-refractivity contribution in [2.45, 2.75) is 39.3 Å². The average molecular weight is 427 g/mol. The molecule has 166 valence electrons. The molecule has 1 aliphatic rings. The third kappa shape index (κ3) is 5.67. The minimum Gasteiger partial charge on any atom is -0.444 e. The third-order valence-corrected chi connectivity index (χ3v) is 5.55. The number of carbonyl (C=O) groups excluding carboxylic acids is 1. The van der Waals surface area contributed by atoms with Crippen molar-refractivity contribution in [3.8, 4) is 0 Å². The molecule has 0 radical (unpaired) electrons. The number of benzene rings is 1. The summed E-state index contributed by atoms with van der Waals surface area (Å²) in [7, 11) is 1.65. The first-order valence-electron chi connectivity index (χ1n) is 10.6. The van der Waals surface area contributed by atoms with Crippen LogP contribution in [0.5, 0.6) is 0 Å². The van der Waals surface area contributed by atoms with E-state index >= 15 is 4.39 Å². The maximum atomic E-state index is 15.3. The number of alkyl halides is 1. The first-order chi connectivity index (χ1) is 14.7. The van der Waals surface area contributed by atoms with Crippen LogP contribution in [-0.2, 0) is 9.53 Å². The standard InChI is InChI=1S/C24H31FN4O2/c1-16(2)15-29-10-8-24(25,9-11-29)23(30)28-22-13-21-12-19(6-7-20(21)14-27-22)17(3)31-18(4)26-5/h6-7,12-14,16H,3,8-11,15H2,1-2,4-5H3,(H,27,28,30)/b26-18-. The van der Waals surface area contributed by atoms with E-state index < -0.39 is 11.6 Å². The number of amides is 1. The van der Waals surface area contributed by atoms with E-state index in [1.54, 1.807) is 26.2 Å². The number of aliphatic imine (C=N–C) groups is 1. The lowest BCUT2D eigenvalue weighted by atomic mass is 9.92. The van der Waals surface area contributed by atoms with Crippen LogP contribution in [0.1, 0.15) is 39.2 Å². The molecule has 1 N–H and O–H groups in total. The predicted octanol–water partition coefficient (Wildman–Crippen LogP) is 4.67. The number of halogens is 1. The fourth-order valence-electron chi connectivity index (χ4n) is 3.73. The van der Waals surface area contributed by atoms with Crippen LogP contribution < -0.4 is 5.32 Å². The summed E-state index contributed by atoms with van der Waals surface area (Å²) in [5, 5.41) is 4.41. The van der Waals surface area contributed by atoms with Crippen molar-refractivity contribution in [1.29, 1.82) is 0 Å². The van der Waals surface area contributed by atoms with Gasteiger partial charge in [0, 0.05) is 63.6 Å². The maximum absolute atomic E-state index is 15.3. The number of hydrogen-bond donors (Lipinski definition) is 1. The molecule has 0 aliphatic carbocycles. The van der Waals surface area contributed by atoms with Gasteiger partial charge in [-0.15, -0.1) is 0 Å². The molecule has 1 aliphatic heterocycles. The van der Waals surface area contributed by atoms with Crippen LogP contribution >= 0.6 is 0 Å². The smallest absolute Gasteiger partial charge is 0.263 e. The summed E-state index contributed by atoms with van der Waals surface area (Å²) in [4.78, 5) is 23.2. The molecule has 0 spiro atoms. The van der Waals surface area contributed by atoms with E-state index in [9.17, 15) is 4.79 Å². The Kier molecular flexibility index (Phi) is 7.05. The van der Waals surface area contributed by atoms with Crippen molar-refractivity contribution in [1.82, 2.24) is 9.88 Å². The van der Waals surface area contributed by atoms with E-state index in [0.717, 1.165) is 22.9 Å².